The van der Waals surface area contributed by atoms with E-state index in [4.69, 9.17) is 4.74 Å². The normalized spacial score (nSPS) is 12.8. The molecule has 0 radical (unpaired) electrons. The molecule has 0 atom stereocenters. The number of aromatic nitrogens is 5. The molecule has 0 bridgehead atoms. The van der Waals surface area contributed by atoms with Gasteiger partial charge in [-0.15, -0.1) is 0 Å². The van der Waals surface area contributed by atoms with Crippen molar-refractivity contribution in [2.45, 2.75) is 32.2 Å². The standard InChI is InChI=1S/C33H25F2N5O3/c34-23-10-4-5-11-25(23)40-33(42)30(26-12-6-7-15-39(26)40)27(41)17-20-13-14-28(24(35)16-20)43-32-29-22(21-8-2-1-3-9-21)18-36-31(29)37-19-38-32/h1-5,8-11,13-14,16,18-19H,6-7,12,15,17H2,(H,36,37,38). The van der Waals surface area contributed by atoms with Crippen LogP contribution in [-0.2, 0) is 19.4 Å². The first-order chi connectivity index (χ1) is 21.0. The SMILES string of the molecule is O=C(Cc1ccc(Oc2ncnc3[nH]cc(-c4ccccc4)c23)c(F)c1)c1c2n(n(-c3ccccc3F)c1=O)CCCC2. The number of H-pyrrole nitrogens is 1. The van der Waals surface area contributed by atoms with Crippen molar-refractivity contribution in [3.8, 4) is 28.4 Å². The van der Waals surface area contributed by atoms with Crippen molar-refractivity contribution in [1.29, 1.82) is 0 Å². The van der Waals surface area contributed by atoms with Crippen molar-refractivity contribution in [2.75, 3.05) is 0 Å². The molecule has 3 aromatic heterocycles. The Bertz CT molecular complexity index is 2060. The van der Waals surface area contributed by atoms with E-state index in [2.05, 4.69) is 15.0 Å². The molecule has 0 unspecified atom stereocenters. The number of nitrogens with one attached hydrogen (secondary N) is 1. The summed E-state index contributed by atoms with van der Waals surface area (Å²) in [6.45, 7) is 0.496. The molecule has 43 heavy (non-hydrogen) atoms. The number of carbonyl (C=O) groups is 1. The summed E-state index contributed by atoms with van der Waals surface area (Å²) in [7, 11) is 0. The van der Waals surface area contributed by atoms with Gasteiger partial charge in [-0.3, -0.25) is 14.3 Å². The Morgan fingerprint density at radius 3 is 2.58 bits per heavy atom. The molecule has 0 fully saturated rings. The minimum atomic E-state index is -0.684. The molecule has 6 aromatic rings. The molecule has 0 spiro atoms. The van der Waals surface area contributed by atoms with Crippen LogP contribution in [0.25, 0.3) is 27.8 Å². The molecule has 8 nitrogen and oxygen atoms in total. The molecular formula is C33H25F2N5O3. The van der Waals surface area contributed by atoms with Gasteiger partial charge in [0.2, 0.25) is 5.88 Å². The van der Waals surface area contributed by atoms with Crippen molar-refractivity contribution in [2.24, 2.45) is 0 Å². The van der Waals surface area contributed by atoms with Crippen LogP contribution < -0.4 is 10.3 Å². The predicted molar refractivity (Wildman–Crippen MR) is 157 cm³/mol. The van der Waals surface area contributed by atoms with Crippen LogP contribution in [0.4, 0.5) is 8.78 Å². The predicted octanol–water partition coefficient (Wildman–Crippen LogP) is 6.41. The van der Waals surface area contributed by atoms with Crippen molar-refractivity contribution in [3.63, 3.8) is 0 Å². The fourth-order valence-electron chi connectivity index (χ4n) is 5.75. The van der Waals surface area contributed by atoms with Gasteiger partial charge in [-0.25, -0.2) is 23.4 Å². The van der Waals surface area contributed by atoms with E-state index >= 15 is 4.39 Å². The Hall–Kier alpha value is -5.38. The minimum Gasteiger partial charge on any atom is -0.435 e. The maximum Gasteiger partial charge on any atom is 0.282 e. The highest BCUT2D eigenvalue weighted by atomic mass is 19.1. The first-order valence-electron chi connectivity index (χ1n) is 14.0. The van der Waals surface area contributed by atoms with Crippen molar-refractivity contribution >= 4 is 16.8 Å². The lowest BCUT2D eigenvalue weighted by Gasteiger charge is -2.19. The number of halogens is 2. The van der Waals surface area contributed by atoms with Gasteiger partial charge in [0.05, 0.1) is 11.1 Å². The number of nitrogens with zero attached hydrogens (tertiary/aromatic N) is 4. The van der Waals surface area contributed by atoms with Gasteiger partial charge in [-0.1, -0.05) is 48.5 Å². The lowest BCUT2D eigenvalue weighted by molar-refractivity contribution is 0.0990. The lowest BCUT2D eigenvalue weighted by atomic mass is 9.99. The Morgan fingerprint density at radius 1 is 0.953 bits per heavy atom. The van der Waals surface area contributed by atoms with Crippen LogP contribution in [0.2, 0.25) is 0 Å². The molecule has 0 saturated heterocycles. The minimum absolute atomic E-state index is 0.0213. The monoisotopic (exact) mass is 577 g/mol. The van der Waals surface area contributed by atoms with Crippen LogP contribution in [0, 0.1) is 11.6 Å². The van der Waals surface area contributed by atoms with Crippen LogP contribution >= 0.6 is 0 Å². The van der Waals surface area contributed by atoms with E-state index < -0.39 is 23.0 Å². The second-order valence-corrected chi connectivity index (χ2v) is 10.4. The van der Waals surface area contributed by atoms with Crippen molar-refractivity contribution in [3.05, 3.63) is 124 Å². The highest BCUT2D eigenvalue weighted by Crippen LogP contribution is 2.36. The summed E-state index contributed by atoms with van der Waals surface area (Å²) in [5.74, 6) is -1.57. The third-order valence-corrected chi connectivity index (χ3v) is 7.73. The second kappa shape index (κ2) is 10.8. The van der Waals surface area contributed by atoms with Gasteiger partial charge in [0.25, 0.3) is 5.56 Å². The molecule has 0 aliphatic carbocycles. The second-order valence-electron chi connectivity index (χ2n) is 10.4. The number of rotatable bonds is 7. The summed E-state index contributed by atoms with van der Waals surface area (Å²) >= 11 is 0. The molecule has 1 N–H and O–H groups in total. The van der Waals surface area contributed by atoms with Crippen molar-refractivity contribution in [1.82, 2.24) is 24.3 Å². The van der Waals surface area contributed by atoms with Crippen LogP contribution in [0.3, 0.4) is 0 Å². The van der Waals surface area contributed by atoms with E-state index in [0.717, 1.165) is 24.0 Å². The number of hydrogen-bond donors (Lipinski definition) is 1. The highest BCUT2D eigenvalue weighted by Gasteiger charge is 2.28. The van der Waals surface area contributed by atoms with Crippen LogP contribution in [0.5, 0.6) is 11.6 Å². The van der Waals surface area contributed by atoms with Gasteiger partial charge in [0.1, 0.15) is 29.0 Å². The maximum atomic E-state index is 15.4. The lowest BCUT2D eigenvalue weighted by Crippen LogP contribution is -2.25. The Labute approximate surface area is 244 Å². The molecular weight excluding hydrogens is 552 g/mol. The van der Waals surface area contributed by atoms with Gasteiger partial charge in [0.15, 0.2) is 17.3 Å². The van der Waals surface area contributed by atoms with Gasteiger partial charge >= 0.3 is 0 Å². The smallest absolute Gasteiger partial charge is 0.282 e. The topological polar surface area (TPSA) is 94.8 Å². The summed E-state index contributed by atoms with van der Waals surface area (Å²) in [6, 6.07) is 19.9. The average Bonchev–Trinajstić information content (AvgIpc) is 3.58. The zero-order valence-corrected chi connectivity index (χ0v) is 22.9. The van der Waals surface area contributed by atoms with E-state index in [1.165, 1.54) is 35.3 Å². The zero-order chi connectivity index (χ0) is 29.5. The fraction of sp³-hybridized carbons (Fsp3) is 0.152. The summed E-state index contributed by atoms with van der Waals surface area (Å²) in [6.07, 6.45) is 5.08. The largest absolute Gasteiger partial charge is 0.435 e. The number of ketones is 1. The van der Waals surface area contributed by atoms with E-state index in [1.54, 1.807) is 29.1 Å². The Morgan fingerprint density at radius 2 is 1.77 bits per heavy atom. The molecule has 3 aromatic carbocycles. The number of hydrogen-bond acceptors (Lipinski definition) is 5. The first-order valence-corrected chi connectivity index (χ1v) is 14.0. The van der Waals surface area contributed by atoms with E-state index in [0.29, 0.717) is 35.3 Å². The molecule has 1 aliphatic heterocycles. The summed E-state index contributed by atoms with van der Waals surface area (Å²) in [5, 5.41) is 0.608. The van der Waals surface area contributed by atoms with Gasteiger partial charge in [-0.05, 0) is 54.7 Å². The third-order valence-electron chi connectivity index (χ3n) is 7.73. The molecule has 4 heterocycles. The summed E-state index contributed by atoms with van der Waals surface area (Å²) < 4.78 is 38.9. The number of fused-ring (bicyclic) bond motifs is 2. The van der Waals surface area contributed by atoms with E-state index in [1.807, 2.05) is 30.3 Å². The van der Waals surface area contributed by atoms with E-state index in [9.17, 15) is 14.0 Å². The molecule has 7 rings (SSSR count). The molecule has 0 saturated carbocycles. The van der Waals surface area contributed by atoms with Gasteiger partial charge < -0.3 is 9.72 Å². The number of ether oxygens (including phenoxy) is 1. The van der Waals surface area contributed by atoms with Crippen LogP contribution in [-0.4, -0.2) is 30.1 Å². The van der Waals surface area contributed by atoms with Gasteiger partial charge in [-0.2, -0.15) is 0 Å². The molecule has 10 heteroatoms. The Balaban J connectivity index is 1.18. The average molecular weight is 578 g/mol. The number of para-hydroxylation sites is 1. The maximum absolute atomic E-state index is 15.4. The van der Waals surface area contributed by atoms with Crippen LogP contribution in [0.1, 0.15) is 34.5 Å². The zero-order valence-electron chi connectivity index (χ0n) is 22.9. The first kappa shape index (κ1) is 26.5. The third kappa shape index (κ3) is 4.70. The Kier molecular flexibility index (Phi) is 6.65. The molecule has 1 aliphatic rings. The number of carbonyl (C=O) groups excluding carboxylic acids is 1. The number of aromatic amines is 1. The summed E-state index contributed by atoms with van der Waals surface area (Å²) in [4.78, 5) is 38.7. The molecule has 214 valence electrons. The fourth-order valence-corrected chi connectivity index (χ4v) is 5.75. The van der Waals surface area contributed by atoms with Crippen LogP contribution in [0.15, 0.2) is 90.1 Å². The summed E-state index contributed by atoms with van der Waals surface area (Å²) in [5.41, 5.74) is 2.78. The molecule has 0 amide bonds. The highest BCUT2D eigenvalue weighted by molar-refractivity contribution is 5.99. The number of benzene rings is 3. The quantitative estimate of drug-likeness (QED) is 0.221. The van der Waals surface area contributed by atoms with Gasteiger partial charge in [0, 0.05) is 24.7 Å². The van der Waals surface area contributed by atoms with Crippen molar-refractivity contribution < 1.29 is 18.3 Å². The number of Topliss-reactive ketones (excluding diaryl/α,β-unsaturated/α-hetero) is 1. The van der Waals surface area contributed by atoms with E-state index in [-0.39, 0.29) is 29.3 Å².